The van der Waals surface area contributed by atoms with Gasteiger partial charge in [0.2, 0.25) is 0 Å². The highest BCUT2D eigenvalue weighted by atomic mass is 16.3. The van der Waals surface area contributed by atoms with Gasteiger partial charge in [-0.05, 0) is 24.2 Å². The maximum atomic E-state index is 10.8. The second kappa shape index (κ2) is 3.69. The van der Waals surface area contributed by atoms with Gasteiger partial charge in [0.05, 0.1) is 6.10 Å². The van der Waals surface area contributed by atoms with Crippen molar-refractivity contribution in [2.45, 2.75) is 45.8 Å². The first-order valence-electron chi connectivity index (χ1n) is 7.11. The Balaban J connectivity index is 1.88. The molecule has 0 aromatic carbocycles. The van der Waals surface area contributed by atoms with Crippen LogP contribution < -0.4 is 5.32 Å². The molecular formula is C14H26N2O. The van der Waals surface area contributed by atoms with Crippen LogP contribution in [0.15, 0.2) is 0 Å². The Morgan fingerprint density at radius 3 is 2.35 bits per heavy atom. The Morgan fingerprint density at radius 1 is 1.18 bits per heavy atom. The Morgan fingerprint density at radius 2 is 1.82 bits per heavy atom. The van der Waals surface area contributed by atoms with Crippen molar-refractivity contribution in [1.82, 2.24) is 10.2 Å². The molecular weight excluding hydrogens is 212 g/mol. The molecule has 2 N–H and O–H groups in total. The molecule has 3 aliphatic rings. The Labute approximate surface area is 105 Å². The van der Waals surface area contributed by atoms with Crippen LogP contribution in [0.4, 0.5) is 0 Å². The Bertz CT molecular complexity index is 311. The average molecular weight is 238 g/mol. The van der Waals surface area contributed by atoms with E-state index in [1.165, 1.54) is 12.8 Å². The lowest BCUT2D eigenvalue weighted by Crippen LogP contribution is -2.55. The molecule has 4 atom stereocenters. The van der Waals surface area contributed by atoms with E-state index in [0.717, 1.165) is 26.2 Å². The van der Waals surface area contributed by atoms with Gasteiger partial charge in [0.1, 0.15) is 0 Å². The van der Waals surface area contributed by atoms with Crippen molar-refractivity contribution in [3.05, 3.63) is 0 Å². The molecule has 0 spiro atoms. The van der Waals surface area contributed by atoms with Gasteiger partial charge in [-0.15, -0.1) is 0 Å². The van der Waals surface area contributed by atoms with Crippen molar-refractivity contribution in [2.24, 2.45) is 16.7 Å². The van der Waals surface area contributed by atoms with E-state index in [0.29, 0.717) is 17.4 Å². The van der Waals surface area contributed by atoms with E-state index in [2.05, 4.69) is 31.0 Å². The van der Waals surface area contributed by atoms with Crippen LogP contribution >= 0.6 is 0 Å². The number of fused-ring (bicyclic) bond motifs is 2. The van der Waals surface area contributed by atoms with Gasteiger partial charge < -0.3 is 10.4 Å². The predicted octanol–water partition coefficient (Wildman–Crippen LogP) is 1.08. The zero-order chi connectivity index (χ0) is 12.3. The third-order valence-electron chi connectivity index (χ3n) is 6.34. The molecule has 3 rings (SSSR count). The average Bonchev–Trinajstić information content (AvgIpc) is 2.62. The molecule has 3 fully saturated rings. The number of aliphatic hydroxyl groups excluding tert-OH is 1. The largest absolute Gasteiger partial charge is 0.391 e. The van der Waals surface area contributed by atoms with E-state index < -0.39 is 0 Å². The Hall–Kier alpha value is -0.120. The van der Waals surface area contributed by atoms with E-state index >= 15 is 0 Å². The van der Waals surface area contributed by atoms with Crippen molar-refractivity contribution < 1.29 is 5.11 Å². The van der Waals surface area contributed by atoms with Crippen LogP contribution in [0, 0.1) is 16.7 Å². The minimum atomic E-state index is -0.130. The molecule has 0 unspecified atom stereocenters. The van der Waals surface area contributed by atoms with Crippen molar-refractivity contribution in [3.63, 3.8) is 0 Å². The highest BCUT2D eigenvalue weighted by Gasteiger charge is 2.66. The van der Waals surface area contributed by atoms with E-state index in [1.807, 2.05) is 0 Å². The van der Waals surface area contributed by atoms with Gasteiger partial charge >= 0.3 is 0 Å². The molecule has 2 aliphatic carbocycles. The molecule has 2 bridgehead atoms. The van der Waals surface area contributed by atoms with Crippen molar-refractivity contribution in [3.8, 4) is 0 Å². The highest BCUT2D eigenvalue weighted by Crippen LogP contribution is 2.66. The maximum Gasteiger partial charge on any atom is 0.0756 e. The summed E-state index contributed by atoms with van der Waals surface area (Å²) in [7, 11) is 0. The summed E-state index contributed by atoms with van der Waals surface area (Å²) >= 11 is 0. The molecule has 1 saturated heterocycles. The third-order valence-corrected chi connectivity index (χ3v) is 6.34. The smallest absolute Gasteiger partial charge is 0.0756 e. The number of hydrogen-bond acceptors (Lipinski definition) is 3. The summed E-state index contributed by atoms with van der Waals surface area (Å²) in [5.41, 5.74) is 0.426. The lowest BCUT2D eigenvalue weighted by Gasteiger charge is -2.42. The molecule has 98 valence electrons. The summed E-state index contributed by atoms with van der Waals surface area (Å²) in [5.74, 6) is 0.681. The quantitative estimate of drug-likeness (QED) is 0.717. The maximum absolute atomic E-state index is 10.8. The van der Waals surface area contributed by atoms with E-state index in [1.54, 1.807) is 0 Å². The van der Waals surface area contributed by atoms with Crippen LogP contribution in [0.5, 0.6) is 0 Å². The second-order valence-electron chi connectivity index (χ2n) is 7.01. The molecule has 1 heterocycles. The summed E-state index contributed by atoms with van der Waals surface area (Å²) < 4.78 is 0. The molecule has 3 heteroatoms. The standard InChI is InChI=1S/C14H26N2O/c1-13(2)10-4-5-14(13,3)12(17)11(10)16-8-6-15-7-9-16/h10-12,15,17H,4-9H2,1-3H3/t10-,11-,12-,14+/m1/s1. The summed E-state index contributed by atoms with van der Waals surface area (Å²) in [6.07, 6.45) is 2.37. The summed E-state index contributed by atoms with van der Waals surface area (Å²) in [4.78, 5) is 2.54. The van der Waals surface area contributed by atoms with Crippen LogP contribution in [0.25, 0.3) is 0 Å². The molecule has 0 amide bonds. The summed E-state index contributed by atoms with van der Waals surface area (Å²) in [6, 6.07) is 0.408. The fraction of sp³-hybridized carbons (Fsp3) is 1.00. The van der Waals surface area contributed by atoms with E-state index in [4.69, 9.17) is 0 Å². The molecule has 17 heavy (non-hydrogen) atoms. The van der Waals surface area contributed by atoms with Gasteiger partial charge in [-0.25, -0.2) is 0 Å². The van der Waals surface area contributed by atoms with Crippen LogP contribution in [0.3, 0.4) is 0 Å². The fourth-order valence-electron chi connectivity index (χ4n) is 4.72. The molecule has 0 radical (unpaired) electrons. The number of nitrogens with one attached hydrogen (secondary N) is 1. The third kappa shape index (κ3) is 1.39. The van der Waals surface area contributed by atoms with Gasteiger partial charge in [-0.3, -0.25) is 4.90 Å². The van der Waals surface area contributed by atoms with Crippen LogP contribution in [-0.2, 0) is 0 Å². The second-order valence-corrected chi connectivity index (χ2v) is 7.01. The molecule has 0 aromatic rings. The zero-order valence-electron chi connectivity index (χ0n) is 11.4. The van der Waals surface area contributed by atoms with Gasteiger partial charge in [-0.2, -0.15) is 0 Å². The van der Waals surface area contributed by atoms with Gasteiger partial charge in [0, 0.05) is 37.6 Å². The lowest BCUT2D eigenvalue weighted by molar-refractivity contribution is -0.0332. The molecule has 3 nitrogen and oxygen atoms in total. The van der Waals surface area contributed by atoms with E-state index in [-0.39, 0.29) is 11.5 Å². The number of aliphatic hydroxyl groups is 1. The Kier molecular flexibility index (Phi) is 2.59. The summed E-state index contributed by atoms with van der Waals surface area (Å²) in [5, 5.41) is 14.2. The number of piperazine rings is 1. The van der Waals surface area contributed by atoms with Gasteiger partial charge in [-0.1, -0.05) is 20.8 Å². The van der Waals surface area contributed by atoms with Gasteiger partial charge in [0.25, 0.3) is 0 Å². The number of hydrogen-bond donors (Lipinski definition) is 2. The van der Waals surface area contributed by atoms with E-state index in [9.17, 15) is 5.11 Å². The minimum absolute atomic E-state index is 0.130. The van der Waals surface area contributed by atoms with Crippen molar-refractivity contribution in [2.75, 3.05) is 26.2 Å². The molecule has 0 aromatic heterocycles. The van der Waals surface area contributed by atoms with Crippen molar-refractivity contribution in [1.29, 1.82) is 0 Å². The molecule has 1 aliphatic heterocycles. The summed E-state index contributed by atoms with van der Waals surface area (Å²) in [6.45, 7) is 11.4. The monoisotopic (exact) mass is 238 g/mol. The zero-order valence-corrected chi connectivity index (χ0v) is 11.4. The fourth-order valence-corrected chi connectivity index (χ4v) is 4.72. The van der Waals surface area contributed by atoms with Crippen LogP contribution in [0.2, 0.25) is 0 Å². The molecule has 2 saturated carbocycles. The lowest BCUT2D eigenvalue weighted by atomic mass is 9.70. The first kappa shape index (κ1) is 11.9. The first-order valence-corrected chi connectivity index (χ1v) is 7.11. The first-order chi connectivity index (χ1) is 7.98. The van der Waals surface area contributed by atoms with Gasteiger partial charge in [0.15, 0.2) is 0 Å². The predicted molar refractivity (Wildman–Crippen MR) is 68.8 cm³/mol. The van der Waals surface area contributed by atoms with Crippen LogP contribution in [-0.4, -0.2) is 48.3 Å². The number of nitrogens with zero attached hydrogens (tertiary/aromatic N) is 1. The van der Waals surface area contributed by atoms with Crippen LogP contribution in [0.1, 0.15) is 33.6 Å². The number of rotatable bonds is 1. The normalized spacial score (nSPS) is 49.8. The van der Waals surface area contributed by atoms with Crippen molar-refractivity contribution >= 4 is 0 Å². The minimum Gasteiger partial charge on any atom is -0.391 e. The topological polar surface area (TPSA) is 35.5 Å². The SMILES string of the molecule is CC1(C)[C@@H]2CC[C@@]1(C)[C@H](O)[C@@H]2N1CCNCC1. The highest BCUT2D eigenvalue weighted by molar-refractivity contribution is 5.17.